The largest absolute Gasteiger partial charge is 0.378 e. The van der Waals surface area contributed by atoms with Crippen LogP contribution in [0.4, 0.5) is 5.69 Å². The molecule has 6 aromatic rings. The number of para-hydroxylation sites is 1. The molecule has 2 aromatic heterocycles. The third kappa shape index (κ3) is 6.94. The van der Waals surface area contributed by atoms with Gasteiger partial charge in [-0.3, -0.25) is 4.79 Å². The summed E-state index contributed by atoms with van der Waals surface area (Å²) in [6.07, 6.45) is 2.89. The minimum Gasteiger partial charge on any atom is -0.378 e. The number of carbonyl (C=O) groups excluding carboxylic acids is 1. The van der Waals surface area contributed by atoms with E-state index in [1.165, 1.54) is 31.6 Å². The fourth-order valence-electron chi connectivity index (χ4n) is 6.63. The molecule has 0 aliphatic carbocycles. The predicted molar refractivity (Wildman–Crippen MR) is 200 cm³/mol. The summed E-state index contributed by atoms with van der Waals surface area (Å²) < 4.78 is 61.7. The molecule has 0 saturated carbocycles. The van der Waals surface area contributed by atoms with Gasteiger partial charge in [-0.05, 0) is 65.6 Å². The zero-order valence-electron chi connectivity index (χ0n) is 28.7. The van der Waals surface area contributed by atoms with Crippen LogP contribution in [0.2, 0.25) is 0 Å². The van der Waals surface area contributed by atoms with Crippen molar-refractivity contribution in [2.24, 2.45) is 0 Å². The fourth-order valence-corrected chi connectivity index (χ4v) is 9.15. The summed E-state index contributed by atoms with van der Waals surface area (Å²) in [6.45, 7) is 4.07. The summed E-state index contributed by atoms with van der Waals surface area (Å²) in [5.41, 5.74) is 2.86. The van der Waals surface area contributed by atoms with Gasteiger partial charge in [0.05, 0.1) is 0 Å². The number of benzene rings is 4. The SMILES string of the molecule is Cc1ccccc1N1CCN(C(=O)[C@H](Cc2ccc(OS(=O)(=O)c3nccc4ccccc34)cc2)N(C)S(=O)(=O)c2nccc3ccccc23)CC1. The molecular weight excluding hydrogens is 699 g/mol. The molecule has 11 nitrogen and oxygen atoms in total. The monoisotopic (exact) mass is 735 g/mol. The number of nitrogens with zero attached hydrogens (tertiary/aromatic N) is 5. The van der Waals surface area contributed by atoms with Gasteiger partial charge in [0.15, 0.2) is 5.03 Å². The van der Waals surface area contributed by atoms with E-state index in [1.54, 1.807) is 59.5 Å². The lowest BCUT2D eigenvalue weighted by atomic mass is 10.0. The predicted octanol–water partition coefficient (Wildman–Crippen LogP) is 5.44. The molecule has 1 fully saturated rings. The van der Waals surface area contributed by atoms with E-state index in [0.29, 0.717) is 53.3 Å². The maximum Gasteiger partial charge on any atom is 0.357 e. The van der Waals surface area contributed by atoms with Crippen LogP contribution < -0.4 is 9.08 Å². The molecule has 0 bridgehead atoms. The van der Waals surface area contributed by atoms with Crippen molar-refractivity contribution in [2.75, 3.05) is 38.1 Å². The van der Waals surface area contributed by atoms with Crippen LogP contribution in [0.25, 0.3) is 21.5 Å². The van der Waals surface area contributed by atoms with E-state index < -0.39 is 26.2 Å². The smallest absolute Gasteiger partial charge is 0.357 e. The number of piperazine rings is 1. The number of hydrogen-bond donors (Lipinski definition) is 0. The quantitative estimate of drug-likeness (QED) is 0.169. The first-order chi connectivity index (χ1) is 25.0. The molecule has 0 unspecified atom stereocenters. The van der Waals surface area contributed by atoms with Crippen LogP contribution in [-0.2, 0) is 31.4 Å². The number of sulfonamides is 1. The summed E-state index contributed by atoms with van der Waals surface area (Å²) in [7, 11) is -7.13. The van der Waals surface area contributed by atoms with Gasteiger partial charge in [-0.1, -0.05) is 78.9 Å². The van der Waals surface area contributed by atoms with Gasteiger partial charge in [-0.25, -0.2) is 18.4 Å². The van der Waals surface area contributed by atoms with E-state index in [0.717, 1.165) is 15.6 Å². The standard InChI is InChI=1S/C39H37N5O6S2/c1-28-9-3-8-14-35(28)43-23-25-44(26-24-43)39(45)36(42(2)51(46,47)37-33-12-6-4-10-30(33)19-21-40-37)27-29-15-17-32(18-16-29)50-52(48,49)38-34-13-7-5-11-31(34)20-22-41-38/h3-22,36H,23-27H2,1-2H3/t36-/m0/s1. The number of aryl methyl sites for hydroxylation is 1. The normalized spacial score (nSPS) is 14.5. The van der Waals surface area contributed by atoms with E-state index in [2.05, 4.69) is 33.9 Å². The fraction of sp³-hybridized carbons (Fsp3) is 0.205. The molecule has 52 heavy (non-hydrogen) atoms. The van der Waals surface area contributed by atoms with Crippen molar-refractivity contribution in [3.05, 3.63) is 133 Å². The first kappa shape index (κ1) is 35.1. The Bertz CT molecular complexity index is 2480. The highest BCUT2D eigenvalue weighted by molar-refractivity contribution is 7.89. The lowest BCUT2D eigenvalue weighted by Crippen LogP contribution is -2.56. The maximum atomic E-state index is 14.4. The Morgan fingerprint density at radius 1 is 0.731 bits per heavy atom. The molecule has 0 N–H and O–H groups in total. The molecule has 0 radical (unpaired) electrons. The van der Waals surface area contributed by atoms with Crippen LogP contribution >= 0.6 is 0 Å². The van der Waals surface area contributed by atoms with Crippen molar-refractivity contribution < 1.29 is 25.8 Å². The highest BCUT2D eigenvalue weighted by atomic mass is 32.2. The summed E-state index contributed by atoms with van der Waals surface area (Å²) in [5, 5.41) is 1.98. The van der Waals surface area contributed by atoms with Gasteiger partial charge in [-0.15, -0.1) is 0 Å². The van der Waals surface area contributed by atoms with E-state index in [4.69, 9.17) is 4.18 Å². The van der Waals surface area contributed by atoms with E-state index in [-0.39, 0.29) is 28.1 Å². The topological polar surface area (TPSA) is 130 Å². The summed E-state index contributed by atoms with van der Waals surface area (Å²) >= 11 is 0. The maximum absolute atomic E-state index is 14.4. The van der Waals surface area contributed by atoms with Gasteiger partial charge >= 0.3 is 10.1 Å². The van der Waals surface area contributed by atoms with Gasteiger partial charge in [0.25, 0.3) is 10.0 Å². The van der Waals surface area contributed by atoms with E-state index in [9.17, 15) is 21.6 Å². The number of pyridine rings is 2. The van der Waals surface area contributed by atoms with Crippen LogP contribution in [0.5, 0.6) is 5.75 Å². The van der Waals surface area contributed by atoms with Crippen molar-refractivity contribution in [1.82, 2.24) is 19.2 Å². The number of anilines is 1. The Balaban J connectivity index is 1.16. The van der Waals surface area contributed by atoms with Crippen molar-refractivity contribution in [1.29, 1.82) is 0 Å². The Morgan fingerprint density at radius 3 is 1.92 bits per heavy atom. The second-order valence-corrected chi connectivity index (χ2v) is 16.1. The van der Waals surface area contributed by atoms with E-state index in [1.807, 2.05) is 30.3 Å². The van der Waals surface area contributed by atoms with Crippen molar-refractivity contribution in [3.63, 3.8) is 0 Å². The van der Waals surface area contributed by atoms with Crippen LogP contribution in [0, 0.1) is 6.92 Å². The molecule has 3 heterocycles. The molecule has 0 spiro atoms. The molecule has 1 saturated heterocycles. The molecular formula is C39H37N5O6S2. The minimum atomic E-state index is -4.28. The summed E-state index contributed by atoms with van der Waals surface area (Å²) in [5.74, 6) is -0.282. The van der Waals surface area contributed by atoms with Crippen LogP contribution in [0.15, 0.2) is 132 Å². The highest BCUT2D eigenvalue weighted by Crippen LogP contribution is 2.28. The lowest BCUT2D eigenvalue weighted by molar-refractivity contribution is -0.135. The number of hydrogen-bond acceptors (Lipinski definition) is 9. The molecule has 4 aromatic carbocycles. The number of rotatable bonds is 10. The second kappa shape index (κ2) is 14.3. The van der Waals surface area contributed by atoms with Crippen LogP contribution in [0.3, 0.4) is 0 Å². The Kier molecular flexibility index (Phi) is 9.66. The number of likely N-dealkylation sites (N-methyl/N-ethyl adjacent to an activating group) is 1. The number of amides is 1. The molecule has 266 valence electrons. The Labute approximate surface area is 303 Å². The first-order valence-electron chi connectivity index (χ1n) is 16.8. The van der Waals surface area contributed by atoms with Gasteiger partial charge < -0.3 is 14.0 Å². The molecule has 1 aliphatic heterocycles. The molecule has 13 heteroatoms. The zero-order valence-corrected chi connectivity index (χ0v) is 30.3. The molecule has 1 aliphatic rings. The van der Waals surface area contributed by atoms with Crippen molar-refractivity contribution in [2.45, 2.75) is 29.4 Å². The highest BCUT2D eigenvalue weighted by Gasteiger charge is 2.38. The number of carbonyl (C=O) groups is 1. The van der Waals surface area contributed by atoms with Gasteiger partial charge in [0.2, 0.25) is 10.9 Å². The first-order valence-corrected chi connectivity index (χ1v) is 19.7. The molecule has 1 amide bonds. The lowest BCUT2D eigenvalue weighted by Gasteiger charge is -2.39. The average Bonchev–Trinajstić information content (AvgIpc) is 3.16. The minimum absolute atomic E-state index is 0.0231. The van der Waals surface area contributed by atoms with Crippen LogP contribution in [-0.4, -0.2) is 81.2 Å². The van der Waals surface area contributed by atoms with Crippen LogP contribution in [0.1, 0.15) is 11.1 Å². The van der Waals surface area contributed by atoms with Gasteiger partial charge in [-0.2, -0.15) is 12.7 Å². The third-order valence-electron chi connectivity index (χ3n) is 9.46. The summed E-state index contributed by atoms with van der Waals surface area (Å²) in [4.78, 5) is 26.7. The third-order valence-corrected chi connectivity index (χ3v) is 12.5. The summed E-state index contributed by atoms with van der Waals surface area (Å²) in [6, 6.07) is 30.8. The number of aromatic nitrogens is 2. The second-order valence-electron chi connectivity index (χ2n) is 12.7. The number of fused-ring (bicyclic) bond motifs is 2. The van der Waals surface area contributed by atoms with Gasteiger partial charge in [0, 0.05) is 62.1 Å². The zero-order chi connectivity index (χ0) is 36.5. The van der Waals surface area contributed by atoms with Crippen molar-refractivity contribution in [3.8, 4) is 5.75 Å². The average molecular weight is 736 g/mol. The Hall–Kier alpha value is -5.37. The van der Waals surface area contributed by atoms with Gasteiger partial charge in [0.1, 0.15) is 11.8 Å². The van der Waals surface area contributed by atoms with E-state index >= 15 is 0 Å². The molecule has 7 rings (SSSR count). The Morgan fingerprint density at radius 2 is 1.29 bits per heavy atom. The molecule has 1 atom stereocenters. The van der Waals surface area contributed by atoms with Crippen molar-refractivity contribution >= 4 is 53.3 Å².